The van der Waals surface area contributed by atoms with Gasteiger partial charge in [-0.3, -0.25) is 0 Å². The van der Waals surface area contributed by atoms with Crippen LogP contribution in [0.25, 0.3) is 20.9 Å². The summed E-state index contributed by atoms with van der Waals surface area (Å²) in [6.07, 6.45) is 4.09. The summed E-state index contributed by atoms with van der Waals surface area (Å²) < 4.78 is 1.36. The van der Waals surface area contributed by atoms with E-state index in [9.17, 15) is 0 Å². The van der Waals surface area contributed by atoms with Gasteiger partial charge in [0, 0.05) is 27.9 Å². The largest absolute Gasteiger partial charge is 0.366 e. The number of aromatic nitrogens is 1. The maximum atomic E-state index is 3.12. The van der Waals surface area contributed by atoms with Gasteiger partial charge in [-0.05, 0) is 22.9 Å². The first-order valence-corrected chi connectivity index (χ1v) is 4.76. The molecular weight excluding hydrogens is 166 g/mol. The van der Waals surface area contributed by atoms with Gasteiger partial charge in [-0.25, -0.2) is 0 Å². The molecule has 0 bridgehead atoms. The summed E-state index contributed by atoms with van der Waals surface area (Å²) in [5.74, 6) is 0. The van der Waals surface area contributed by atoms with Crippen LogP contribution in [-0.2, 0) is 0 Å². The van der Waals surface area contributed by atoms with Crippen molar-refractivity contribution in [3.63, 3.8) is 0 Å². The fraction of sp³-hybridized carbons (Fsp3) is 0. The van der Waals surface area contributed by atoms with Crippen molar-refractivity contribution in [1.29, 1.82) is 0 Å². The summed E-state index contributed by atoms with van der Waals surface area (Å²) in [6.45, 7) is 0. The third kappa shape index (κ3) is 0.676. The number of thiophene rings is 1. The number of fused-ring (bicyclic) bond motifs is 3. The summed E-state index contributed by atoms with van der Waals surface area (Å²) >= 11 is 1.79. The van der Waals surface area contributed by atoms with Gasteiger partial charge < -0.3 is 4.98 Å². The van der Waals surface area contributed by atoms with E-state index in [1.54, 1.807) is 11.3 Å². The van der Waals surface area contributed by atoms with Gasteiger partial charge in [0.2, 0.25) is 0 Å². The molecule has 0 radical (unpaired) electrons. The monoisotopic (exact) mass is 173 g/mol. The predicted octanol–water partition coefficient (Wildman–Crippen LogP) is 3.38. The van der Waals surface area contributed by atoms with E-state index in [2.05, 4.69) is 34.8 Å². The SMILES string of the molecule is c1cc2c(ccc3c[nH]cc32)s1. The third-order valence-electron chi connectivity index (χ3n) is 2.18. The highest BCUT2D eigenvalue weighted by atomic mass is 32.1. The summed E-state index contributed by atoms with van der Waals surface area (Å²) in [7, 11) is 0. The van der Waals surface area contributed by atoms with Crippen LogP contribution in [0.3, 0.4) is 0 Å². The average molecular weight is 173 g/mol. The van der Waals surface area contributed by atoms with E-state index in [1.165, 1.54) is 20.9 Å². The van der Waals surface area contributed by atoms with Crippen LogP contribution < -0.4 is 0 Å². The van der Waals surface area contributed by atoms with E-state index in [0.29, 0.717) is 0 Å². The van der Waals surface area contributed by atoms with Gasteiger partial charge in [0.25, 0.3) is 0 Å². The summed E-state index contributed by atoms with van der Waals surface area (Å²) in [5, 5.41) is 6.12. The lowest BCUT2D eigenvalue weighted by molar-refractivity contribution is 1.43. The Balaban J connectivity index is 2.71. The van der Waals surface area contributed by atoms with E-state index in [4.69, 9.17) is 0 Å². The zero-order valence-electron chi connectivity index (χ0n) is 6.37. The van der Waals surface area contributed by atoms with Gasteiger partial charge in [-0.1, -0.05) is 6.07 Å². The average Bonchev–Trinajstić information content (AvgIpc) is 2.71. The maximum Gasteiger partial charge on any atom is 0.0349 e. The molecule has 1 N–H and O–H groups in total. The number of benzene rings is 1. The Morgan fingerprint density at radius 2 is 2.00 bits per heavy atom. The first-order chi connectivity index (χ1) is 5.95. The number of H-pyrrole nitrogens is 1. The van der Waals surface area contributed by atoms with Crippen molar-refractivity contribution in [3.05, 3.63) is 36.0 Å². The molecule has 0 aliphatic heterocycles. The highest BCUT2D eigenvalue weighted by Gasteiger charge is 2.00. The Hall–Kier alpha value is -1.28. The molecule has 0 amide bonds. The summed E-state index contributed by atoms with van der Waals surface area (Å²) in [5.41, 5.74) is 0. The van der Waals surface area contributed by atoms with Gasteiger partial charge in [0.05, 0.1) is 0 Å². The molecule has 0 saturated carbocycles. The topological polar surface area (TPSA) is 15.8 Å². The van der Waals surface area contributed by atoms with Crippen LogP contribution in [0.4, 0.5) is 0 Å². The lowest BCUT2D eigenvalue weighted by Gasteiger charge is -1.90. The van der Waals surface area contributed by atoms with Crippen LogP contribution in [0.2, 0.25) is 0 Å². The Kier molecular flexibility index (Phi) is 1.10. The number of hydrogen-bond donors (Lipinski definition) is 1. The second-order valence-electron chi connectivity index (χ2n) is 2.86. The minimum absolute atomic E-state index is 1.29. The number of aromatic amines is 1. The van der Waals surface area contributed by atoms with Crippen LogP contribution in [0.15, 0.2) is 36.0 Å². The molecule has 2 aromatic heterocycles. The van der Waals surface area contributed by atoms with Crippen LogP contribution in [0.1, 0.15) is 0 Å². The molecule has 0 aliphatic rings. The van der Waals surface area contributed by atoms with Crippen molar-refractivity contribution in [3.8, 4) is 0 Å². The van der Waals surface area contributed by atoms with Gasteiger partial charge in [0.15, 0.2) is 0 Å². The Bertz CT molecular complexity index is 483. The van der Waals surface area contributed by atoms with Crippen molar-refractivity contribution >= 4 is 32.2 Å². The van der Waals surface area contributed by atoms with E-state index in [-0.39, 0.29) is 0 Å². The minimum Gasteiger partial charge on any atom is -0.366 e. The molecule has 0 aliphatic carbocycles. The molecule has 12 heavy (non-hydrogen) atoms. The van der Waals surface area contributed by atoms with Crippen molar-refractivity contribution < 1.29 is 0 Å². The van der Waals surface area contributed by atoms with Crippen molar-refractivity contribution in [2.75, 3.05) is 0 Å². The quantitative estimate of drug-likeness (QED) is 0.536. The van der Waals surface area contributed by atoms with Gasteiger partial charge in [-0.2, -0.15) is 0 Å². The second-order valence-corrected chi connectivity index (χ2v) is 3.80. The fourth-order valence-electron chi connectivity index (χ4n) is 1.59. The number of nitrogens with one attached hydrogen (secondary N) is 1. The molecule has 1 aromatic carbocycles. The molecular formula is C10H7NS. The van der Waals surface area contributed by atoms with E-state index < -0.39 is 0 Å². The molecule has 0 atom stereocenters. The molecule has 0 fully saturated rings. The molecule has 3 rings (SSSR count). The van der Waals surface area contributed by atoms with E-state index in [1.807, 2.05) is 6.20 Å². The van der Waals surface area contributed by atoms with Crippen LogP contribution in [0, 0.1) is 0 Å². The standard InChI is InChI=1S/C10H7NS/c1-2-10-8(3-4-12-10)9-6-11-5-7(1)9/h1-6,11H. The molecule has 2 heterocycles. The first kappa shape index (κ1) is 6.26. The van der Waals surface area contributed by atoms with Gasteiger partial charge >= 0.3 is 0 Å². The zero-order valence-corrected chi connectivity index (χ0v) is 7.19. The Morgan fingerprint density at radius 3 is 3.00 bits per heavy atom. The van der Waals surface area contributed by atoms with Crippen LogP contribution >= 0.6 is 11.3 Å². The lowest BCUT2D eigenvalue weighted by atomic mass is 10.1. The summed E-state index contributed by atoms with van der Waals surface area (Å²) in [4.78, 5) is 3.12. The van der Waals surface area contributed by atoms with Crippen molar-refractivity contribution in [2.24, 2.45) is 0 Å². The van der Waals surface area contributed by atoms with Gasteiger partial charge in [-0.15, -0.1) is 11.3 Å². The molecule has 0 unspecified atom stereocenters. The van der Waals surface area contributed by atoms with Crippen LogP contribution in [-0.4, -0.2) is 4.98 Å². The van der Waals surface area contributed by atoms with Crippen LogP contribution in [0.5, 0.6) is 0 Å². The predicted molar refractivity (Wildman–Crippen MR) is 53.7 cm³/mol. The van der Waals surface area contributed by atoms with E-state index >= 15 is 0 Å². The first-order valence-electron chi connectivity index (χ1n) is 3.88. The Labute approximate surface area is 73.6 Å². The van der Waals surface area contributed by atoms with Crippen molar-refractivity contribution in [2.45, 2.75) is 0 Å². The number of rotatable bonds is 0. The number of hydrogen-bond acceptors (Lipinski definition) is 1. The molecule has 1 nitrogen and oxygen atoms in total. The molecule has 2 heteroatoms. The molecule has 58 valence electrons. The zero-order chi connectivity index (χ0) is 7.97. The fourth-order valence-corrected chi connectivity index (χ4v) is 2.39. The molecule has 0 spiro atoms. The lowest BCUT2D eigenvalue weighted by Crippen LogP contribution is -1.63. The summed E-state index contributed by atoms with van der Waals surface area (Å²) in [6, 6.07) is 6.51. The highest BCUT2D eigenvalue weighted by Crippen LogP contribution is 2.28. The Morgan fingerprint density at radius 1 is 1.00 bits per heavy atom. The minimum atomic E-state index is 1.29. The smallest absolute Gasteiger partial charge is 0.0349 e. The van der Waals surface area contributed by atoms with Gasteiger partial charge in [0.1, 0.15) is 0 Å². The van der Waals surface area contributed by atoms with E-state index in [0.717, 1.165) is 0 Å². The third-order valence-corrected chi connectivity index (χ3v) is 3.06. The normalized spacial score (nSPS) is 11.3. The highest BCUT2D eigenvalue weighted by molar-refractivity contribution is 7.17. The molecule has 3 aromatic rings. The van der Waals surface area contributed by atoms with Crippen molar-refractivity contribution in [1.82, 2.24) is 4.98 Å². The molecule has 0 saturated heterocycles. The maximum absolute atomic E-state index is 3.12. The second kappa shape index (κ2) is 2.11.